The van der Waals surface area contributed by atoms with Gasteiger partial charge in [-0.1, -0.05) is 24.3 Å². The van der Waals surface area contributed by atoms with E-state index in [0.717, 1.165) is 46.5 Å². The number of anilines is 2. The molecule has 0 bridgehead atoms. The first-order chi connectivity index (χ1) is 11.7. The molecule has 2 N–H and O–H groups in total. The van der Waals surface area contributed by atoms with E-state index in [1.165, 1.54) is 0 Å². The largest absolute Gasteiger partial charge is 0.388 e. The Bertz CT molecular complexity index is 751. The van der Waals surface area contributed by atoms with Gasteiger partial charge in [-0.3, -0.25) is 4.79 Å². The van der Waals surface area contributed by atoms with Crippen molar-refractivity contribution >= 4 is 29.3 Å². The number of hydrogen-bond acceptors (Lipinski definition) is 3. The number of hydrogen-bond donors (Lipinski definition) is 2. The van der Waals surface area contributed by atoms with E-state index < -0.39 is 0 Å². The molecule has 2 aromatic carbocycles. The van der Waals surface area contributed by atoms with Crippen LogP contribution in [-0.2, 0) is 4.79 Å². The molecule has 0 spiro atoms. The molecule has 2 aromatic rings. The Hall–Kier alpha value is -2.81. The van der Waals surface area contributed by atoms with Crippen molar-refractivity contribution in [2.24, 2.45) is 0 Å². The third-order valence-electron chi connectivity index (χ3n) is 4.28. The zero-order valence-electron chi connectivity index (χ0n) is 14.1. The second-order valence-electron chi connectivity index (χ2n) is 5.92. The third kappa shape index (κ3) is 3.57. The van der Waals surface area contributed by atoms with Crippen LogP contribution < -0.4 is 10.6 Å². The lowest BCUT2D eigenvalue weighted by Crippen LogP contribution is -1.96. The smallest absolute Gasteiger partial charge is 0.185 e. The van der Waals surface area contributed by atoms with Gasteiger partial charge in [0, 0.05) is 36.6 Å². The van der Waals surface area contributed by atoms with Gasteiger partial charge in [0.25, 0.3) is 0 Å². The number of carbonyl (C=O) groups excluding carboxylic acids is 1. The Morgan fingerprint density at radius 1 is 0.792 bits per heavy atom. The number of allylic oxidation sites excluding steroid dienone is 2. The molecule has 1 aliphatic rings. The molecular formula is C21H22N2O. The molecule has 1 saturated carbocycles. The lowest BCUT2D eigenvalue weighted by Gasteiger charge is -2.02. The highest BCUT2D eigenvalue weighted by Gasteiger charge is 2.22. The fraction of sp³-hybridized carbons (Fsp3) is 0.190. The van der Waals surface area contributed by atoms with Crippen LogP contribution >= 0.6 is 0 Å². The number of carbonyl (C=O) groups is 1. The third-order valence-corrected chi connectivity index (χ3v) is 4.28. The van der Waals surface area contributed by atoms with Crippen molar-refractivity contribution in [1.29, 1.82) is 0 Å². The Morgan fingerprint density at radius 3 is 1.67 bits per heavy atom. The average Bonchev–Trinajstić information content (AvgIpc) is 2.95. The van der Waals surface area contributed by atoms with Crippen molar-refractivity contribution in [3.8, 4) is 0 Å². The van der Waals surface area contributed by atoms with Crippen LogP contribution in [0.25, 0.3) is 12.2 Å². The van der Waals surface area contributed by atoms with Crippen LogP contribution in [-0.4, -0.2) is 19.9 Å². The minimum atomic E-state index is 0.166. The summed E-state index contributed by atoms with van der Waals surface area (Å²) in [5.41, 5.74) is 6.00. The maximum absolute atomic E-state index is 12.7. The summed E-state index contributed by atoms with van der Waals surface area (Å²) in [6, 6.07) is 16.2. The molecule has 0 heterocycles. The van der Waals surface area contributed by atoms with Crippen molar-refractivity contribution in [2.45, 2.75) is 12.8 Å². The summed E-state index contributed by atoms with van der Waals surface area (Å²) >= 11 is 0. The van der Waals surface area contributed by atoms with Gasteiger partial charge in [-0.25, -0.2) is 0 Å². The summed E-state index contributed by atoms with van der Waals surface area (Å²) < 4.78 is 0. The quantitative estimate of drug-likeness (QED) is 0.810. The van der Waals surface area contributed by atoms with Gasteiger partial charge in [-0.05, 0) is 60.4 Å². The Balaban J connectivity index is 1.83. The average molecular weight is 318 g/mol. The summed E-state index contributed by atoms with van der Waals surface area (Å²) in [7, 11) is 3.79. The van der Waals surface area contributed by atoms with Gasteiger partial charge in [0.2, 0.25) is 0 Å². The van der Waals surface area contributed by atoms with Gasteiger partial charge in [0.15, 0.2) is 5.78 Å². The summed E-state index contributed by atoms with van der Waals surface area (Å²) in [6.07, 6.45) is 5.63. The standard InChI is InChI=1S/C21H22N2O/c1-22-19-7-3-5-15(13-19)11-17-9-10-18(21(17)24)12-16-6-4-8-20(14-16)23-2/h3-8,11-14,22-23H,9-10H2,1-2H3. The van der Waals surface area contributed by atoms with Gasteiger partial charge in [0.1, 0.15) is 0 Å². The number of nitrogens with one attached hydrogen (secondary N) is 2. The van der Waals surface area contributed by atoms with E-state index in [0.29, 0.717) is 0 Å². The molecule has 0 amide bonds. The topological polar surface area (TPSA) is 41.1 Å². The fourth-order valence-electron chi connectivity index (χ4n) is 2.95. The number of benzene rings is 2. The Kier molecular flexibility index (Phi) is 4.80. The SMILES string of the molecule is CNc1cccc(C=C2CCC(=Cc3cccc(NC)c3)C2=O)c1. The van der Waals surface area contributed by atoms with E-state index in [2.05, 4.69) is 22.8 Å². The highest BCUT2D eigenvalue weighted by atomic mass is 16.1. The Morgan fingerprint density at radius 2 is 1.25 bits per heavy atom. The number of ketones is 1. The van der Waals surface area contributed by atoms with Gasteiger partial charge in [-0.15, -0.1) is 0 Å². The summed E-state index contributed by atoms with van der Waals surface area (Å²) in [6.45, 7) is 0. The van der Waals surface area contributed by atoms with Gasteiger partial charge < -0.3 is 10.6 Å². The molecule has 3 heteroatoms. The normalized spacial score (nSPS) is 17.5. The van der Waals surface area contributed by atoms with Gasteiger partial charge in [-0.2, -0.15) is 0 Å². The van der Waals surface area contributed by atoms with Crippen LogP contribution in [0, 0.1) is 0 Å². The fourth-order valence-corrected chi connectivity index (χ4v) is 2.95. The number of Topliss-reactive ketones (excluding diaryl/α,β-unsaturated/α-hetero) is 1. The molecule has 1 fully saturated rings. The van der Waals surface area contributed by atoms with Crippen LogP contribution in [0.15, 0.2) is 59.7 Å². The highest BCUT2D eigenvalue weighted by Crippen LogP contribution is 2.30. The van der Waals surface area contributed by atoms with Crippen molar-refractivity contribution in [2.75, 3.05) is 24.7 Å². The van der Waals surface area contributed by atoms with Crippen molar-refractivity contribution < 1.29 is 4.79 Å². The second-order valence-corrected chi connectivity index (χ2v) is 5.92. The Labute approximate surface area is 143 Å². The molecule has 0 aliphatic heterocycles. The molecule has 0 radical (unpaired) electrons. The van der Waals surface area contributed by atoms with Gasteiger partial charge in [0.05, 0.1) is 0 Å². The zero-order valence-corrected chi connectivity index (χ0v) is 14.1. The monoisotopic (exact) mass is 318 g/mol. The maximum atomic E-state index is 12.7. The first-order valence-corrected chi connectivity index (χ1v) is 8.21. The molecule has 0 aromatic heterocycles. The lowest BCUT2D eigenvalue weighted by molar-refractivity contribution is -0.111. The number of rotatable bonds is 4. The van der Waals surface area contributed by atoms with Crippen LogP contribution in [0.1, 0.15) is 24.0 Å². The van der Waals surface area contributed by atoms with E-state index >= 15 is 0 Å². The second kappa shape index (κ2) is 7.18. The van der Waals surface area contributed by atoms with Crippen molar-refractivity contribution in [3.63, 3.8) is 0 Å². The predicted octanol–water partition coefficient (Wildman–Crippen LogP) is 4.60. The van der Waals surface area contributed by atoms with Crippen LogP contribution in [0.5, 0.6) is 0 Å². The molecule has 24 heavy (non-hydrogen) atoms. The zero-order chi connectivity index (χ0) is 16.9. The maximum Gasteiger partial charge on any atom is 0.185 e. The summed E-state index contributed by atoms with van der Waals surface area (Å²) in [5.74, 6) is 0.166. The van der Waals surface area contributed by atoms with Crippen LogP contribution in [0.2, 0.25) is 0 Å². The van der Waals surface area contributed by atoms with Crippen LogP contribution in [0.4, 0.5) is 11.4 Å². The molecule has 0 saturated heterocycles. The molecule has 3 nitrogen and oxygen atoms in total. The predicted molar refractivity (Wildman–Crippen MR) is 102 cm³/mol. The highest BCUT2D eigenvalue weighted by molar-refractivity contribution is 6.15. The lowest BCUT2D eigenvalue weighted by atomic mass is 10.1. The van der Waals surface area contributed by atoms with E-state index in [4.69, 9.17) is 0 Å². The molecule has 3 rings (SSSR count). The van der Waals surface area contributed by atoms with Crippen molar-refractivity contribution in [3.05, 3.63) is 70.8 Å². The molecule has 1 aliphatic carbocycles. The minimum Gasteiger partial charge on any atom is -0.388 e. The summed E-state index contributed by atoms with van der Waals surface area (Å²) in [4.78, 5) is 12.7. The molecule has 0 unspecified atom stereocenters. The van der Waals surface area contributed by atoms with Crippen LogP contribution in [0.3, 0.4) is 0 Å². The summed E-state index contributed by atoms with van der Waals surface area (Å²) in [5, 5.41) is 6.25. The van der Waals surface area contributed by atoms with E-state index in [-0.39, 0.29) is 5.78 Å². The van der Waals surface area contributed by atoms with E-state index in [9.17, 15) is 4.79 Å². The van der Waals surface area contributed by atoms with E-state index in [1.807, 2.05) is 62.6 Å². The first-order valence-electron chi connectivity index (χ1n) is 8.21. The minimum absolute atomic E-state index is 0.166. The van der Waals surface area contributed by atoms with Crippen molar-refractivity contribution in [1.82, 2.24) is 0 Å². The van der Waals surface area contributed by atoms with E-state index in [1.54, 1.807) is 0 Å². The first kappa shape index (κ1) is 16.1. The van der Waals surface area contributed by atoms with Gasteiger partial charge >= 0.3 is 0 Å². The molecular weight excluding hydrogens is 296 g/mol. The molecule has 122 valence electrons. The molecule has 0 atom stereocenters.